The SMILES string of the molecule is CCCC/C=C\CCCC/C=C\CCCC. The van der Waals surface area contributed by atoms with Gasteiger partial charge in [-0.15, -0.1) is 0 Å². The summed E-state index contributed by atoms with van der Waals surface area (Å²) in [4.78, 5) is 0. The molecule has 0 unspecified atom stereocenters. The molecular formula is C16H30. The molecule has 0 radical (unpaired) electrons. The van der Waals surface area contributed by atoms with Crippen molar-refractivity contribution in [3.05, 3.63) is 24.3 Å². The second-order valence-electron chi connectivity index (χ2n) is 4.51. The van der Waals surface area contributed by atoms with E-state index in [-0.39, 0.29) is 0 Å². The van der Waals surface area contributed by atoms with E-state index in [1.165, 1.54) is 64.2 Å². The van der Waals surface area contributed by atoms with Crippen molar-refractivity contribution in [3.8, 4) is 0 Å². The minimum Gasteiger partial charge on any atom is -0.0885 e. The van der Waals surface area contributed by atoms with Crippen LogP contribution in [0.15, 0.2) is 24.3 Å². The normalized spacial score (nSPS) is 11.9. The maximum absolute atomic E-state index is 2.36. The molecule has 0 heteroatoms. The summed E-state index contributed by atoms with van der Waals surface area (Å²) in [6.07, 6.45) is 22.5. The van der Waals surface area contributed by atoms with Gasteiger partial charge in [-0.2, -0.15) is 0 Å². The molecule has 0 fully saturated rings. The zero-order valence-electron chi connectivity index (χ0n) is 11.4. The van der Waals surface area contributed by atoms with Gasteiger partial charge in [-0.25, -0.2) is 0 Å². The van der Waals surface area contributed by atoms with E-state index in [1.54, 1.807) is 0 Å². The summed E-state index contributed by atoms with van der Waals surface area (Å²) < 4.78 is 0. The van der Waals surface area contributed by atoms with Crippen molar-refractivity contribution >= 4 is 0 Å². The third-order valence-corrected chi connectivity index (χ3v) is 2.77. The Labute approximate surface area is 103 Å². The van der Waals surface area contributed by atoms with Crippen LogP contribution >= 0.6 is 0 Å². The van der Waals surface area contributed by atoms with E-state index in [9.17, 15) is 0 Å². The lowest BCUT2D eigenvalue weighted by molar-refractivity contribution is 0.751. The summed E-state index contributed by atoms with van der Waals surface area (Å²) in [7, 11) is 0. The van der Waals surface area contributed by atoms with Crippen LogP contribution in [0, 0.1) is 0 Å². The molecule has 0 amide bonds. The van der Waals surface area contributed by atoms with Crippen LogP contribution in [0.1, 0.15) is 78.1 Å². The zero-order chi connectivity index (χ0) is 11.9. The molecule has 0 N–H and O–H groups in total. The van der Waals surface area contributed by atoms with E-state index in [1.807, 2.05) is 0 Å². The second kappa shape index (κ2) is 14.5. The van der Waals surface area contributed by atoms with E-state index >= 15 is 0 Å². The number of allylic oxidation sites excluding steroid dienone is 4. The fraction of sp³-hybridized carbons (Fsp3) is 0.750. The zero-order valence-corrected chi connectivity index (χ0v) is 11.4. The molecule has 16 heavy (non-hydrogen) atoms. The molecule has 0 aromatic heterocycles. The molecule has 0 aromatic rings. The third-order valence-electron chi connectivity index (χ3n) is 2.77. The molecule has 0 nitrogen and oxygen atoms in total. The Kier molecular flexibility index (Phi) is 14.0. The first-order chi connectivity index (χ1) is 7.91. The highest BCUT2D eigenvalue weighted by Crippen LogP contribution is 2.04. The number of hydrogen-bond acceptors (Lipinski definition) is 0. The minimum atomic E-state index is 1.27. The maximum atomic E-state index is 2.36. The first kappa shape index (κ1) is 15.5. The lowest BCUT2D eigenvalue weighted by Gasteiger charge is -1.94. The van der Waals surface area contributed by atoms with Gasteiger partial charge in [0.05, 0.1) is 0 Å². The quantitative estimate of drug-likeness (QED) is 0.295. The summed E-state index contributed by atoms with van der Waals surface area (Å²) in [6, 6.07) is 0. The van der Waals surface area contributed by atoms with Gasteiger partial charge in [-0.05, 0) is 38.5 Å². The lowest BCUT2D eigenvalue weighted by atomic mass is 10.1. The summed E-state index contributed by atoms with van der Waals surface area (Å²) in [5.41, 5.74) is 0. The standard InChI is InChI=1S/C16H30/c1-3-5-7-9-11-13-15-16-14-12-10-8-6-4-2/h9-12H,3-8,13-16H2,1-2H3/b11-9-,12-10-. The number of rotatable bonds is 11. The van der Waals surface area contributed by atoms with Crippen LogP contribution in [-0.4, -0.2) is 0 Å². The van der Waals surface area contributed by atoms with Crippen molar-refractivity contribution in [2.45, 2.75) is 78.1 Å². The van der Waals surface area contributed by atoms with Crippen molar-refractivity contribution in [3.63, 3.8) is 0 Å². The van der Waals surface area contributed by atoms with Crippen molar-refractivity contribution in [2.24, 2.45) is 0 Å². The molecule has 0 aliphatic rings. The number of hydrogen-bond donors (Lipinski definition) is 0. The Balaban J connectivity index is 3.08. The molecule has 0 aliphatic heterocycles. The summed E-state index contributed by atoms with van der Waals surface area (Å²) in [5.74, 6) is 0. The smallest absolute Gasteiger partial charge is 0.0351 e. The van der Waals surface area contributed by atoms with Crippen molar-refractivity contribution in [1.29, 1.82) is 0 Å². The van der Waals surface area contributed by atoms with Crippen molar-refractivity contribution in [1.82, 2.24) is 0 Å². The van der Waals surface area contributed by atoms with Gasteiger partial charge in [0.1, 0.15) is 0 Å². The highest BCUT2D eigenvalue weighted by atomic mass is 13.9. The molecule has 0 saturated heterocycles. The summed E-state index contributed by atoms with van der Waals surface area (Å²) >= 11 is 0. The van der Waals surface area contributed by atoms with E-state index in [0.717, 1.165) is 0 Å². The van der Waals surface area contributed by atoms with Gasteiger partial charge in [-0.3, -0.25) is 0 Å². The van der Waals surface area contributed by atoms with Gasteiger partial charge in [0.2, 0.25) is 0 Å². The molecular weight excluding hydrogens is 192 g/mol. The molecule has 0 saturated carbocycles. The van der Waals surface area contributed by atoms with Gasteiger partial charge in [0.15, 0.2) is 0 Å². The lowest BCUT2D eigenvalue weighted by Crippen LogP contribution is -1.74. The number of unbranched alkanes of at least 4 members (excludes halogenated alkanes) is 7. The maximum Gasteiger partial charge on any atom is -0.0351 e. The molecule has 0 bridgehead atoms. The van der Waals surface area contributed by atoms with Crippen LogP contribution < -0.4 is 0 Å². The molecule has 0 atom stereocenters. The summed E-state index contributed by atoms with van der Waals surface area (Å²) in [5, 5.41) is 0. The van der Waals surface area contributed by atoms with E-state index < -0.39 is 0 Å². The average Bonchev–Trinajstić information content (AvgIpc) is 2.31. The molecule has 0 aliphatic carbocycles. The van der Waals surface area contributed by atoms with Gasteiger partial charge >= 0.3 is 0 Å². The highest BCUT2D eigenvalue weighted by molar-refractivity contribution is 4.83. The van der Waals surface area contributed by atoms with Gasteiger partial charge in [-0.1, -0.05) is 63.8 Å². The Morgan fingerprint density at radius 1 is 0.500 bits per heavy atom. The predicted octanol–water partition coefficient (Wildman–Crippen LogP) is 6.04. The fourth-order valence-electron chi connectivity index (χ4n) is 1.64. The average molecular weight is 222 g/mol. The van der Waals surface area contributed by atoms with E-state index in [2.05, 4.69) is 38.2 Å². The Morgan fingerprint density at radius 2 is 0.812 bits per heavy atom. The van der Waals surface area contributed by atoms with Crippen LogP contribution in [-0.2, 0) is 0 Å². The molecule has 0 rings (SSSR count). The first-order valence-electron chi connectivity index (χ1n) is 7.21. The molecule has 0 aromatic carbocycles. The Bertz CT molecular complexity index is 145. The van der Waals surface area contributed by atoms with Crippen LogP contribution in [0.5, 0.6) is 0 Å². The fourth-order valence-corrected chi connectivity index (χ4v) is 1.64. The molecule has 94 valence electrons. The van der Waals surface area contributed by atoms with E-state index in [4.69, 9.17) is 0 Å². The van der Waals surface area contributed by atoms with E-state index in [0.29, 0.717) is 0 Å². The van der Waals surface area contributed by atoms with Crippen LogP contribution in [0.2, 0.25) is 0 Å². The van der Waals surface area contributed by atoms with Crippen LogP contribution in [0.3, 0.4) is 0 Å². The minimum absolute atomic E-state index is 1.27. The second-order valence-corrected chi connectivity index (χ2v) is 4.51. The third kappa shape index (κ3) is 13.5. The first-order valence-corrected chi connectivity index (χ1v) is 7.21. The Morgan fingerprint density at radius 3 is 1.12 bits per heavy atom. The van der Waals surface area contributed by atoms with Crippen LogP contribution in [0.25, 0.3) is 0 Å². The highest BCUT2D eigenvalue weighted by Gasteiger charge is 1.84. The predicted molar refractivity (Wildman–Crippen MR) is 75.8 cm³/mol. The monoisotopic (exact) mass is 222 g/mol. The molecule has 0 heterocycles. The van der Waals surface area contributed by atoms with Crippen molar-refractivity contribution in [2.75, 3.05) is 0 Å². The van der Waals surface area contributed by atoms with Gasteiger partial charge in [0, 0.05) is 0 Å². The largest absolute Gasteiger partial charge is 0.0885 e. The van der Waals surface area contributed by atoms with Crippen molar-refractivity contribution < 1.29 is 0 Å². The summed E-state index contributed by atoms with van der Waals surface area (Å²) in [6.45, 7) is 4.50. The van der Waals surface area contributed by atoms with Crippen LogP contribution in [0.4, 0.5) is 0 Å². The Hall–Kier alpha value is -0.520. The topological polar surface area (TPSA) is 0 Å². The molecule has 0 spiro atoms. The van der Waals surface area contributed by atoms with Gasteiger partial charge < -0.3 is 0 Å². The van der Waals surface area contributed by atoms with Gasteiger partial charge in [0.25, 0.3) is 0 Å².